The van der Waals surface area contributed by atoms with Crippen LogP contribution in [0, 0.1) is 20.8 Å². The molecule has 1 aliphatic heterocycles. The molecule has 1 saturated heterocycles. The zero-order valence-corrected chi connectivity index (χ0v) is 19.6. The summed E-state index contributed by atoms with van der Waals surface area (Å²) in [6, 6.07) is 3.18. The molecule has 12 heteroatoms. The van der Waals surface area contributed by atoms with E-state index in [9.17, 15) is 14.4 Å². The normalized spacial score (nSPS) is 17.7. The van der Waals surface area contributed by atoms with Gasteiger partial charge in [0.05, 0.1) is 29.6 Å². The fourth-order valence-electron chi connectivity index (χ4n) is 3.83. The highest BCUT2D eigenvalue weighted by Crippen LogP contribution is 2.23. The van der Waals surface area contributed by atoms with Crippen molar-refractivity contribution < 1.29 is 24.2 Å². The van der Waals surface area contributed by atoms with Gasteiger partial charge in [-0.2, -0.15) is 0 Å². The smallest absolute Gasteiger partial charge is 0.336 e. The minimum atomic E-state index is -1.22. The zero-order chi connectivity index (χ0) is 24.4. The second-order valence-corrected chi connectivity index (χ2v) is 8.90. The Kier molecular flexibility index (Phi) is 6.70. The van der Waals surface area contributed by atoms with Gasteiger partial charge in [0.2, 0.25) is 5.91 Å². The average molecular weight is 485 g/mol. The summed E-state index contributed by atoms with van der Waals surface area (Å²) in [6.45, 7) is 6.14. The number of carboxylic acid groups (broad SMARTS) is 1. The molecule has 0 aliphatic carbocycles. The van der Waals surface area contributed by atoms with Gasteiger partial charge in [-0.3, -0.25) is 9.59 Å². The summed E-state index contributed by atoms with van der Waals surface area (Å²) in [5, 5.41) is 24.4. The minimum Gasteiger partial charge on any atom is -0.479 e. The lowest BCUT2D eigenvalue weighted by Crippen LogP contribution is -2.49. The predicted octanol–water partition coefficient (Wildman–Crippen LogP) is 0.845. The molecular formula is C22H24N6O5S. The molecule has 3 atom stereocenters. The number of nitrogens with zero attached hydrogens (tertiary/aromatic N) is 4. The van der Waals surface area contributed by atoms with Gasteiger partial charge in [-0.15, -0.1) is 16.4 Å². The average Bonchev–Trinajstić information content (AvgIpc) is 3.17. The summed E-state index contributed by atoms with van der Waals surface area (Å²) in [5.41, 5.74) is 7.02. The van der Waals surface area contributed by atoms with Crippen molar-refractivity contribution in [3.05, 3.63) is 57.3 Å². The van der Waals surface area contributed by atoms with Crippen LogP contribution in [-0.2, 0) is 32.1 Å². The van der Waals surface area contributed by atoms with E-state index in [1.807, 2.05) is 20.8 Å². The van der Waals surface area contributed by atoms with Crippen molar-refractivity contribution in [1.82, 2.24) is 30.6 Å². The lowest BCUT2D eigenvalue weighted by atomic mass is 10.1. The Morgan fingerprint density at radius 3 is 2.53 bits per heavy atom. The van der Waals surface area contributed by atoms with Gasteiger partial charge >= 0.3 is 5.97 Å². The van der Waals surface area contributed by atoms with Gasteiger partial charge in [-0.25, -0.2) is 14.5 Å². The van der Waals surface area contributed by atoms with Crippen LogP contribution in [0.5, 0.6) is 0 Å². The molecule has 178 valence electrons. The number of aliphatic carboxylic acids is 1. The molecule has 2 aromatic heterocycles. The molecule has 0 radical (unpaired) electrons. The monoisotopic (exact) mass is 484 g/mol. The van der Waals surface area contributed by atoms with Crippen molar-refractivity contribution in [2.24, 2.45) is 0 Å². The highest BCUT2D eigenvalue weighted by molar-refractivity contribution is 7.07. The number of thiazole rings is 1. The molecule has 3 N–H and O–H groups in total. The van der Waals surface area contributed by atoms with Crippen molar-refractivity contribution in [2.45, 2.75) is 52.0 Å². The second-order valence-electron chi connectivity index (χ2n) is 8.18. The first kappa shape index (κ1) is 23.5. The van der Waals surface area contributed by atoms with Gasteiger partial charge in [0.15, 0.2) is 12.2 Å². The maximum atomic E-state index is 12.9. The number of hydrogen-bond donors (Lipinski definition) is 3. The number of carbonyl (C=O) groups is 3. The van der Waals surface area contributed by atoms with Crippen molar-refractivity contribution >= 4 is 29.1 Å². The fourth-order valence-corrected chi connectivity index (χ4v) is 4.40. The molecule has 0 spiro atoms. The number of hydrogen-bond acceptors (Lipinski definition) is 8. The third-order valence-electron chi connectivity index (χ3n) is 5.37. The van der Waals surface area contributed by atoms with E-state index >= 15 is 0 Å². The number of benzene rings is 1. The van der Waals surface area contributed by atoms with E-state index in [1.165, 1.54) is 11.3 Å². The molecule has 1 aromatic carbocycles. The summed E-state index contributed by atoms with van der Waals surface area (Å²) in [7, 11) is 0. The molecule has 2 amide bonds. The summed E-state index contributed by atoms with van der Waals surface area (Å²) in [4.78, 5) is 40.4. The Morgan fingerprint density at radius 2 is 1.91 bits per heavy atom. The van der Waals surface area contributed by atoms with E-state index in [0.717, 1.165) is 22.4 Å². The first-order chi connectivity index (χ1) is 16.2. The first-order valence-corrected chi connectivity index (χ1v) is 11.5. The number of carboxylic acids is 1. The largest absolute Gasteiger partial charge is 0.479 e. The molecule has 11 nitrogen and oxygen atoms in total. The molecule has 1 fully saturated rings. The predicted molar refractivity (Wildman–Crippen MR) is 121 cm³/mol. The number of carbonyl (C=O) groups excluding carboxylic acids is 2. The molecule has 3 aromatic rings. The van der Waals surface area contributed by atoms with Crippen LogP contribution in [0.3, 0.4) is 0 Å². The Morgan fingerprint density at radius 1 is 1.18 bits per heavy atom. The van der Waals surface area contributed by atoms with Crippen LogP contribution >= 0.6 is 11.3 Å². The Bertz CT molecular complexity index is 1200. The minimum absolute atomic E-state index is 0.101. The van der Waals surface area contributed by atoms with Crippen molar-refractivity contribution in [2.75, 3.05) is 0 Å². The number of epoxide rings is 1. The molecule has 3 heterocycles. The number of nitrogens with one attached hydrogen (secondary N) is 2. The lowest BCUT2D eigenvalue weighted by Gasteiger charge is -2.17. The van der Waals surface area contributed by atoms with Gasteiger partial charge in [-0.1, -0.05) is 22.9 Å². The standard InChI is InChI=1S/C22H24N6O5S/c1-11-4-12(2)17(13(3)5-11)28-8-15(26-27-28)7-23-20(29)16(6-14-9-34-10-24-14)25-21(30)18-19(33-18)22(31)32/h4-5,8-10,16,18-19H,6-7H2,1-3H3,(H,23,29)(H,25,30)(H,31,32)/t16?,18-,19-/m0/s1. The fraction of sp³-hybridized carbons (Fsp3) is 0.364. The van der Waals surface area contributed by atoms with E-state index in [4.69, 9.17) is 9.84 Å². The highest BCUT2D eigenvalue weighted by Gasteiger charge is 2.51. The van der Waals surface area contributed by atoms with Crippen LogP contribution in [0.15, 0.2) is 29.2 Å². The third kappa shape index (κ3) is 5.29. The Balaban J connectivity index is 1.42. The third-order valence-corrected chi connectivity index (χ3v) is 6.01. The van der Waals surface area contributed by atoms with Crippen molar-refractivity contribution in [3.8, 4) is 5.69 Å². The van der Waals surface area contributed by atoms with Crippen LogP contribution in [-0.4, -0.2) is 61.1 Å². The maximum Gasteiger partial charge on any atom is 0.336 e. The maximum absolute atomic E-state index is 12.9. The van der Waals surface area contributed by atoms with Crippen molar-refractivity contribution in [1.29, 1.82) is 0 Å². The van der Waals surface area contributed by atoms with Crippen LogP contribution < -0.4 is 10.6 Å². The number of aromatic nitrogens is 4. The molecule has 1 aliphatic rings. The summed E-state index contributed by atoms with van der Waals surface area (Å²) >= 11 is 1.37. The Labute approximate surface area is 199 Å². The van der Waals surface area contributed by atoms with Crippen LogP contribution in [0.2, 0.25) is 0 Å². The quantitative estimate of drug-likeness (QED) is 0.378. The number of aryl methyl sites for hydroxylation is 3. The van der Waals surface area contributed by atoms with Gasteiger partial charge in [-0.05, 0) is 31.9 Å². The van der Waals surface area contributed by atoms with Crippen LogP contribution in [0.25, 0.3) is 5.69 Å². The Hall–Kier alpha value is -3.64. The number of ether oxygens (including phenoxy) is 1. The topological polar surface area (TPSA) is 152 Å². The zero-order valence-electron chi connectivity index (χ0n) is 18.8. The van der Waals surface area contributed by atoms with E-state index in [0.29, 0.717) is 11.4 Å². The molecule has 1 unspecified atom stereocenters. The van der Waals surface area contributed by atoms with Gasteiger partial charge in [0.1, 0.15) is 11.7 Å². The van der Waals surface area contributed by atoms with Gasteiger partial charge < -0.3 is 20.5 Å². The van der Waals surface area contributed by atoms with E-state index in [-0.39, 0.29) is 13.0 Å². The highest BCUT2D eigenvalue weighted by atomic mass is 32.1. The van der Waals surface area contributed by atoms with E-state index in [1.54, 1.807) is 21.8 Å². The second kappa shape index (κ2) is 9.69. The van der Waals surface area contributed by atoms with Crippen LogP contribution in [0.4, 0.5) is 0 Å². The summed E-state index contributed by atoms with van der Waals surface area (Å²) < 4.78 is 6.56. The molecular weight excluding hydrogens is 460 g/mol. The summed E-state index contributed by atoms with van der Waals surface area (Å²) in [6.07, 6.45) is -0.398. The molecule has 4 rings (SSSR count). The summed E-state index contributed by atoms with van der Waals surface area (Å²) in [5.74, 6) is -2.33. The molecule has 0 bridgehead atoms. The van der Waals surface area contributed by atoms with Gasteiger partial charge in [0.25, 0.3) is 5.91 Å². The van der Waals surface area contributed by atoms with Gasteiger partial charge in [0, 0.05) is 11.8 Å². The number of rotatable bonds is 9. The van der Waals surface area contributed by atoms with E-state index < -0.39 is 36.0 Å². The molecule has 0 saturated carbocycles. The van der Waals surface area contributed by atoms with E-state index in [2.05, 4.69) is 38.1 Å². The van der Waals surface area contributed by atoms with Crippen LogP contribution in [0.1, 0.15) is 28.1 Å². The molecule has 34 heavy (non-hydrogen) atoms. The SMILES string of the molecule is Cc1cc(C)c(-n2cc(CNC(=O)C(Cc3cscn3)NC(=O)[C@H]3O[C@@H]3C(=O)O)nn2)c(C)c1. The van der Waals surface area contributed by atoms with Crippen molar-refractivity contribution in [3.63, 3.8) is 0 Å². The first-order valence-electron chi connectivity index (χ1n) is 10.6. The number of amides is 2. The lowest BCUT2D eigenvalue weighted by molar-refractivity contribution is -0.138.